The molecular formula is C19H19BrCl2O3. The number of hydrogen-bond acceptors (Lipinski definition) is 3. The van der Waals surface area contributed by atoms with Crippen molar-refractivity contribution in [2.45, 2.75) is 31.7 Å². The molecule has 2 aromatic rings. The van der Waals surface area contributed by atoms with Crippen molar-refractivity contribution in [2.75, 3.05) is 11.9 Å². The Bertz CT molecular complexity index is 723. The van der Waals surface area contributed by atoms with E-state index < -0.39 is 5.79 Å². The Hall–Kier alpha value is -0.780. The van der Waals surface area contributed by atoms with Crippen LogP contribution in [-0.4, -0.2) is 18.0 Å². The lowest BCUT2D eigenvalue weighted by atomic mass is 10.1. The van der Waals surface area contributed by atoms with Crippen LogP contribution in [0.1, 0.15) is 25.3 Å². The van der Waals surface area contributed by atoms with E-state index in [-0.39, 0.29) is 6.10 Å². The van der Waals surface area contributed by atoms with Crippen molar-refractivity contribution in [1.29, 1.82) is 0 Å². The third-order valence-corrected chi connectivity index (χ3v) is 5.35. The molecule has 134 valence electrons. The van der Waals surface area contributed by atoms with Crippen molar-refractivity contribution in [3.8, 4) is 11.5 Å². The zero-order valence-electron chi connectivity index (χ0n) is 13.8. The Morgan fingerprint density at radius 2 is 1.88 bits per heavy atom. The minimum Gasteiger partial charge on any atom is -0.457 e. The van der Waals surface area contributed by atoms with Gasteiger partial charge in [-0.3, -0.25) is 0 Å². The summed E-state index contributed by atoms with van der Waals surface area (Å²) in [5.74, 6) is 0.485. The zero-order chi connectivity index (χ0) is 17.9. The highest BCUT2D eigenvalue weighted by Gasteiger charge is 2.43. The third kappa shape index (κ3) is 4.32. The van der Waals surface area contributed by atoms with Gasteiger partial charge in [-0.05, 0) is 48.9 Å². The molecule has 25 heavy (non-hydrogen) atoms. The molecule has 1 fully saturated rings. The molecule has 0 bridgehead atoms. The fraction of sp³-hybridized carbons (Fsp3) is 0.368. The Morgan fingerprint density at radius 3 is 2.52 bits per heavy atom. The van der Waals surface area contributed by atoms with Crippen molar-refractivity contribution in [1.82, 2.24) is 0 Å². The van der Waals surface area contributed by atoms with Gasteiger partial charge in [0.05, 0.1) is 23.1 Å². The summed E-state index contributed by atoms with van der Waals surface area (Å²) in [6, 6.07) is 12.7. The summed E-state index contributed by atoms with van der Waals surface area (Å²) in [6.07, 6.45) is 2.10. The maximum atomic E-state index is 6.51. The summed E-state index contributed by atoms with van der Waals surface area (Å²) < 4.78 is 18.0. The van der Waals surface area contributed by atoms with Crippen molar-refractivity contribution in [3.63, 3.8) is 0 Å². The fourth-order valence-corrected chi connectivity index (χ4v) is 3.86. The van der Waals surface area contributed by atoms with E-state index in [0.29, 0.717) is 33.5 Å². The molecule has 2 unspecified atom stereocenters. The largest absolute Gasteiger partial charge is 0.457 e. The van der Waals surface area contributed by atoms with Gasteiger partial charge in [0.15, 0.2) is 0 Å². The number of hydrogen-bond donors (Lipinski definition) is 0. The Morgan fingerprint density at radius 1 is 1.16 bits per heavy atom. The van der Waals surface area contributed by atoms with Gasteiger partial charge in [0, 0.05) is 10.6 Å². The second-order valence-electron chi connectivity index (χ2n) is 5.92. The highest BCUT2D eigenvalue weighted by molar-refractivity contribution is 9.09. The van der Waals surface area contributed by atoms with E-state index in [1.165, 1.54) is 0 Å². The zero-order valence-corrected chi connectivity index (χ0v) is 16.9. The van der Waals surface area contributed by atoms with Crippen molar-refractivity contribution >= 4 is 39.1 Å². The minimum atomic E-state index is -0.851. The van der Waals surface area contributed by atoms with Crippen LogP contribution in [0, 0.1) is 0 Å². The van der Waals surface area contributed by atoms with Gasteiger partial charge in [-0.25, -0.2) is 0 Å². The maximum Gasteiger partial charge on any atom is 0.206 e. The average molecular weight is 446 g/mol. The average Bonchev–Trinajstić information content (AvgIpc) is 3.02. The Balaban J connectivity index is 1.80. The first-order valence-corrected chi connectivity index (χ1v) is 10.1. The van der Waals surface area contributed by atoms with E-state index in [0.717, 1.165) is 18.4 Å². The quantitative estimate of drug-likeness (QED) is 0.472. The predicted octanol–water partition coefficient (Wildman–Crippen LogP) is 6.55. The minimum absolute atomic E-state index is 0.0867. The van der Waals surface area contributed by atoms with E-state index >= 15 is 0 Å². The predicted molar refractivity (Wildman–Crippen MR) is 104 cm³/mol. The smallest absolute Gasteiger partial charge is 0.206 e. The summed E-state index contributed by atoms with van der Waals surface area (Å²) in [6.45, 7) is 2.70. The molecular weight excluding hydrogens is 427 g/mol. The Labute approximate surface area is 166 Å². The van der Waals surface area contributed by atoms with Crippen molar-refractivity contribution in [2.24, 2.45) is 0 Å². The van der Waals surface area contributed by atoms with Crippen LogP contribution in [-0.2, 0) is 15.3 Å². The van der Waals surface area contributed by atoms with Crippen molar-refractivity contribution < 1.29 is 14.2 Å². The highest BCUT2D eigenvalue weighted by atomic mass is 79.9. The lowest BCUT2D eigenvalue weighted by Crippen LogP contribution is -2.30. The molecule has 0 spiro atoms. The van der Waals surface area contributed by atoms with Crippen LogP contribution in [0.25, 0.3) is 0 Å². The van der Waals surface area contributed by atoms with E-state index in [1.54, 1.807) is 18.2 Å². The lowest BCUT2D eigenvalue weighted by Gasteiger charge is -2.27. The molecule has 3 nitrogen and oxygen atoms in total. The molecule has 1 aliphatic heterocycles. The molecule has 0 N–H and O–H groups in total. The second kappa shape index (κ2) is 8.28. The van der Waals surface area contributed by atoms with E-state index in [9.17, 15) is 0 Å². The lowest BCUT2D eigenvalue weighted by molar-refractivity contribution is -0.157. The molecule has 1 aliphatic rings. The number of alkyl halides is 1. The summed E-state index contributed by atoms with van der Waals surface area (Å²) in [5, 5.41) is 1.72. The van der Waals surface area contributed by atoms with E-state index in [2.05, 4.69) is 22.9 Å². The molecule has 0 aliphatic carbocycles. The van der Waals surface area contributed by atoms with Crippen LogP contribution >= 0.6 is 39.1 Å². The number of rotatable bonds is 6. The van der Waals surface area contributed by atoms with Gasteiger partial charge in [-0.2, -0.15) is 0 Å². The summed E-state index contributed by atoms with van der Waals surface area (Å²) in [7, 11) is 0. The molecule has 1 saturated heterocycles. The van der Waals surface area contributed by atoms with Gasteiger partial charge < -0.3 is 14.2 Å². The van der Waals surface area contributed by atoms with Crippen LogP contribution in [0.2, 0.25) is 10.0 Å². The molecule has 0 aromatic heterocycles. The number of ether oxygens (including phenoxy) is 3. The van der Waals surface area contributed by atoms with Crippen LogP contribution in [0.5, 0.6) is 11.5 Å². The standard InChI is InChI=1S/C19H19BrCl2O3/c1-2-3-16-11-23-19(12-20,25-16)17-9-8-15(10-18(17)22)24-14-6-4-13(21)5-7-14/h4-10,16H,2-3,11-12H2,1H3. The van der Waals surface area contributed by atoms with Crippen LogP contribution in [0.4, 0.5) is 0 Å². The highest BCUT2D eigenvalue weighted by Crippen LogP contribution is 2.41. The first-order valence-electron chi connectivity index (χ1n) is 8.17. The van der Waals surface area contributed by atoms with Gasteiger partial charge in [0.2, 0.25) is 5.79 Å². The first-order chi connectivity index (χ1) is 12.1. The molecule has 2 aromatic carbocycles. The first kappa shape index (κ1) is 19.0. The van der Waals surface area contributed by atoms with Gasteiger partial charge in [0.25, 0.3) is 0 Å². The fourth-order valence-electron chi connectivity index (χ4n) is 2.82. The Kier molecular flexibility index (Phi) is 6.29. The van der Waals surface area contributed by atoms with Gasteiger partial charge >= 0.3 is 0 Å². The summed E-state index contributed by atoms with van der Waals surface area (Å²) in [4.78, 5) is 0. The molecule has 0 amide bonds. The normalized spacial score (nSPS) is 23.0. The maximum absolute atomic E-state index is 6.51. The topological polar surface area (TPSA) is 27.7 Å². The van der Waals surface area contributed by atoms with Gasteiger partial charge in [0.1, 0.15) is 11.5 Å². The summed E-state index contributed by atoms with van der Waals surface area (Å²) >= 11 is 15.9. The van der Waals surface area contributed by atoms with E-state index in [1.807, 2.05) is 24.3 Å². The number of halogens is 3. The van der Waals surface area contributed by atoms with Crippen molar-refractivity contribution in [3.05, 3.63) is 58.1 Å². The molecule has 6 heteroatoms. The molecule has 0 saturated carbocycles. The van der Waals surface area contributed by atoms with Crippen LogP contribution < -0.4 is 4.74 Å². The van der Waals surface area contributed by atoms with Crippen LogP contribution in [0.3, 0.4) is 0 Å². The molecule has 3 rings (SSSR count). The monoisotopic (exact) mass is 444 g/mol. The number of benzene rings is 2. The second-order valence-corrected chi connectivity index (χ2v) is 7.33. The van der Waals surface area contributed by atoms with Gasteiger partial charge in [-0.1, -0.05) is 52.5 Å². The van der Waals surface area contributed by atoms with E-state index in [4.69, 9.17) is 37.4 Å². The molecule has 2 atom stereocenters. The summed E-state index contributed by atoms with van der Waals surface area (Å²) in [5.41, 5.74) is 0.799. The van der Waals surface area contributed by atoms with Gasteiger partial charge in [-0.15, -0.1) is 0 Å². The SMILES string of the molecule is CCCC1COC(CBr)(c2ccc(Oc3ccc(Cl)cc3)cc2Cl)O1. The van der Waals surface area contributed by atoms with Crippen LogP contribution in [0.15, 0.2) is 42.5 Å². The third-order valence-electron chi connectivity index (χ3n) is 4.05. The molecule has 1 heterocycles. The molecule has 0 radical (unpaired) electrons.